The second kappa shape index (κ2) is 5.98. The van der Waals surface area contributed by atoms with Gasteiger partial charge in [-0.1, -0.05) is 41.9 Å². The second-order valence-corrected chi connectivity index (χ2v) is 6.07. The van der Waals surface area contributed by atoms with E-state index in [0.29, 0.717) is 16.4 Å². The lowest BCUT2D eigenvalue weighted by Gasteiger charge is -2.06. The first-order valence-corrected chi connectivity index (χ1v) is 7.70. The lowest BCUT2D eigenvalue weighted by molar-refractivity contribution is 0.609. The van der Waals surface area contributed by atoms with E-state index in [1.807, 2.05) is 30.3 Å². The molecule has 2 rings (SSSR count). The standard InChI is InChI=1S/C14H13ClN2O2S/c15-13-10-12(6-7-14(13)16)17-20(18,19)9-8-11-4-2-1-3-5-11/h1-10,17H,16H2/b9-8+. The maximum atomic E-state index is 11.9. The zero-order chi connectivity index (χ0) is 14.6. The van der Waals surface area contributed by atoms with Crippen molar-refractivity contribution < 1.29 is 8.42 Å². The summed E-state index contributed by atoms with van der Waals surface area (Å²) in [5.74, 6) is 0. The zero-order valence-electron chi connectivity index (χ0n) is 10.5. The SMILES string of the molecule is Nc1ccc(NS(=O)(=O)/C=C/c2ccccc2)cc1Cl. The maximum absolute atomic E-state index is 11.9. The van der Waals surface area contributed by atoms with Gasteiger partial charge in [0.05, 0.1) is 21.8 Å². The van der Waals surface area contributed by atoms with E-state index < -0.39 is 10.0 Å². The van der Waals surface area contributed by atoms with Crippen LogP contribution in [0.25, 0.3) is 6.08 Å². The van der Waals surface area contributed by atoms with Gasteiger partial charge < -0.3 is 5.73 Å². The Morgan fingerprint density at radius 1 is 1.10 bits per heavy atom. The fourth-order valence-electron chi connectivity index (χ4n) is 1.52. The Morgan fingerprint density at radius 2 is 1.80 bits per heavy atom. The van der Waals surface area contributed by atoms with Crippen molar-refractivity contribution in [2.45, 2.75) is 0 Å². The van der Waals surface area contributed by atoms with Gasteiger partial charge in [-0.2, -0.15) is 0 Å². The number of halogens is 1. The van der Waals surface area contributed by atoms with Gasteiger partial charge in [-0.3, -0.25) is 4.72 Å². The summed E-state index contributed by atoms with van der Waals surface area (Å²) in [6.45, 7) is 0. The van der Waals surface area contributed by atoms with E-state index in [4.69, 9.17) is 17.3 Å². The highest BCUT2D eigenvalue weighted by molar-refractivity contribution is 7.95. The smallest absolute Gasteiger partial charge is 0.255 e. The predicted molar refractivity (Wildman–Crippen MR) is 83.9 cm³/mol. The molecule has 4 nitrogen and oxygen atoms in total. The summed E-state index contributed by atoms with van der Waals surface area (Å²) in [6.07, 6.45) is 1.52. The summed E-state index contributed by atoms with van der Waals surface area (Å²) < 4.78 is 26.2. The predicted octanol–water partition coefficient (Wildman–Crippen LogP) is 3.33. The Balaban J connectivity index is 2.15. The molecule has 2 aromatic rings. The molecule has 0 saturated carbocycles. The summed E-state index contributed by atoms with van der Waals surface area (Å²) in [5.41, 5.74) is 7.12. The van der Waals surface area contributed by atoms with Crippen molar-refractivity contribution in [3.63, 3.8) is 0 Å². The van der Waals surface area contributed by atoms with E-state index in [9.17, 15) is 8.42 Å². The van der Waals surface area contributed by atoms with Crippen LogP contribution in [0.3, 0.4) is 0 Å². The fourth-order valence-corrected chi connectivity index (χ4v) is 2.56. The van der Waals surface area contributed by atoms with Crippen LogP contribution in [0.2, 0.25) is 5.02 Å². The number of nitrogen functional groups attached to an aromatic ring is 1. The van der Waals surface area contributed by atoms with Gasteiger partial charge in [0.15, 0.2) is 0 Å². The number of anilines is 2. The Kier molecular flexibility index (Phi) is 4.32. The molecule has 2 aromatic carbocycles. The van der Waals surface area contributed by atoms with Crippen molar-refractivity contribution >= 4 is 39.1 Å². The van der Waals surface area contributed by atoms with Crippen LogP contribution < -0.4 is 10.5 Å². The number of sulfonamides is 1. The van der Waals surface area contributed by atoms with Gasteiger partial charge >= 0.3 is 0 Å². The highest BCUT2D eigenvalue weighted by Gasteiger charge is 2.06. The quantitative estimate of drug-likeness (QED) is 0.851. The van der Waals surface area contributed by atoms with Crippen LogP contribution in [0.1, 0.15) is 5.56 Å². The number of hydrogen-bond acceptors (Lipinski definition) is 3. The molecule has 0 aliphatic carbocycles. The summed E-state index contributed by atoms with van der Waals surface area (Å²) >= 11 is 5.84. The number of hydrogen-bond donors (Lipinski definition) is 2. The summed E-state index contributed by atoms with van der Waals surface area (Å²) in [4.78, 5) is 0. The molecule has 0 spiro atoms. The van der Waals surface area contributed by atoms with Crippen molar-refractivity contribution in [2.75, 3.05) is 10.5 Å². The minimum absolute atomic E-state index is 0.303. The van der Waals surface area contributed by atoms with E-state index in [1.165, 1.54) is 12.1 Å². The number of nitrogens with two attached hydrogens (primary N) is 1. The van der Waals surface area contributed by atoms with Crippen LogP contribution in [0.15, 0.2) is 53.9 Å². The monoisotopic (exact) mass is 308 g/mol. The van der Waals surface area contributed by atoms with E-state index in [2.05, 4.69) is 4.72 Å². The van der Waals surface area contributed by atoms with Crippen LogP contribution in [0, 0.1) is 0 Å². The average Bonchev–Trinajstić information content (AvgIpc) is 2.42. The molecule has 104 valence electrons. The van der Waals surface area contributed by atoms with Gasteiger partial charge in [-0.05, 0) is 29.8 Å². The first-order chi connectivity index (χ1) is 9.46. The van der Waals surface area contributed by atoms with Crippen LogP contribution in [-0.4, -0.2) is 8.42 Å². The van der Waals surface area contributed by atoms with Gasteiger partial charge in [-0.15, -0.1) is 0 Å². The minimum atomic E-state index is -3.59. The fraction of sp³-hybridized carbons (Fsp3) is 0. The minimum Gasteiger partial charge on any atom is -0.398 e. The van der Waals surface area contributed by atoms with Crippen molar-refractivity contribution in [1.29, 1.82) is 0 Å². The van der Waals surface area contributed by atoms with Crippen molar-refractivity contribution in [1.82, 2.24) is 0 Å². The van der Waals surface area contributed by atoms with Crippen LogP contribution in [0.5, 0.6) is 0 Å². The third-order valence-electron chi connectivity index (χ3n) is 2.50. The van der Waals surface area contributed by atoms with E-state index in [1.54, 1.807) is 12.1 Å². The van der Waals surface area contributed by atoms with E-state index in [0.717, 1.165) is 11.0 Å². The number of rotatable bonds is 4. The molecule has 0 radical (unpaired) electrons. The molecule has 0 amide bonds. The first-order valence-electron chi connectivity index (χ1n) is 5.77. The topological polar surface area (TPSA) is 72.2 Å². The van der Waals surface area contributed by atoms with Gasteiger partial charge in [0.1, 0.15) is 0 Å². The molecule has 20 heavy (non-hydrogen) atoms. The van der Waals surface area contributed by atoms with Gasteiger partial charge in [0.25, 0.3) is 10.0 Å². The van der Waals surface area contributed by atoms with Crippen LogP contribution in [-0.2, 0) is 10.0 Å². The first kappa shape index (κ1) is 14.4. The Morgan fingerprint density at radius 3 is 2.45 bits per heavy atom. The molecule has 0 atom stereocenters. The van der Waals surface area contributed by atoms with Gasteiger partial charge in [-0.25, -0.2) is 8.42 Å². The highest BCUT2D eigenvalue weighted by Crippen LogP contribution is 2.23. The van der Waals surface area contributed by atoms with Gasteiger partial charge in [0.2, 0.25) is 0 Å². The molecule has 3 N–H and O–H groups in total. The number of nitrogens with one attached hydrogen (secondary N) is 1. The molecular weight excluding hydrogens is 296 g/mol. The zero-order valence-corrected chi connectivity index (χ0v) is 12.0. The molecule has 0 bridgehead atoms. The molecule has 0 aromatic heterocycles. The summed E-state index contributed by atoms with van der Waals surface area (Å²) in [6, 6.07) is 13.7. The van der Waals surface area contributed by atoms with Crippen LogP contribution in [0.4, 0.5) is 11.4 Å². The third-order valence-corrected chi connectivity index (χ3v) is 3.84. The molecule has 0 aliphatic heterocycles. The van der Waals surface area contributed by atoms with E-state index in [-0.39, 0.29) is 0 Å². The Bertz CT molecular complexity index is 728. The Hall–Kier alpha value is -1.98. The number of benzene rings is 2. The lowest BCUT2D eigenvalue weighted by Crippen LogP contribution is -2.08. The molecule has 0 heterocycles. The summed E-state index contributed by atoms with van der Waals surface area (Å²) in [5, 5.41) is 1.41. The average molecular weight is 309 g/mol. The normalized spacial score (nSPS) is 11.7. The second-order valence-electron chi connectivity index (χ2n) is 4.10. The van der Waals surface area contributed by atoms with Gasteiger partial charge in [0, 0.05) is 0 Å². The Labute approximate surface area is 122 Å². The van der Waals surface area contributed by atoms with Crippen molar-refractivity contribution in [2.24, 2.45) is 0 Å². The lowest BCUT2D eigenvalue weighted by atomic mass is 10.2. The third kappa shape index (κ3) is 4.01. The largest absolute Gasteiger partial charge is 0.398 e. The van der Waals surface area contributed by atoms with E-state index >= 15 is 0 Å². The van der Waals surface area contributed by atoms with Crippen molar-refractivity contribution in [3.05, 3.63) is 64.5 Å². The highest BCUT2D eigenvalue weighted by atomic mass is 35.5. The molecule has 0 saturated heterocycles. The molecular formula is C14H13ClN2O2S. The molecule has 0 unspecified atom stereocenters. The maximum Gasteiger partial charge on any atom is 0.255 e. The molecule has 6 heteroatoms. The van der Waals surface area contributed by atoms with Crippen LogP contribution >= 0.6 is 11.6 Å². The van der Waals surface area contributed by atoms with Crippen molar-refractivity contribution in [3.8, 4) is 0 Å². The molecule has 0 fully saturated rings. The summed E-state index contributed by atoms with van der Waals surface area (Å²) in [7, 11) is -3.59. The molecule has 0 aliphatic rings.